The van der Waals surface area contributed by atoms with Crippen LogP contribution in [-0.2, 0) is 6.42 Å². The first-order valence-corrected chi connectivity index (χ1v) is 7.15. The Kier molecular flexibility index (Phi) is 3.91. The average Bonchev–Trinajstić information content (AvgIpc) is 2.67. The zero-order valence-corrected chi connectivity index (χ0v) is 11.5. The summed E-state index contributed by atoms with van der Waals surface area (Å²) in [5, 5.41) is 0. The van der Waals surface area contributed by atoms with E-state index < -0.39 is 0 Å². The highest BCUT2D eigenvalue weighted by molar-refractivity contribution is 5.87. The van der Waals surface area contributed by atoms with Crippen molar-refractivity contribution >= 4 is 6.21 Å². The Bertz CT molecular complexity index is 620. The second-order valence-electron chi connectivity index (χ2n) is 5.26. The van der Waals surface area contributed by atoms with Crippen LogP contribution in [0.3, 0.4) is 0 Å². The van der Waals surface area contributed by atoms with Crippen LogP contribution in [0.4, 0.5) is 4.39 Å². The van der Waals surface area contributed by atoms with E-state index in [2.05, 4.69) is 23.2 Å². The number of benzene rings is 1. The van der Waals surface area contributed by atoms with Gasteiger partial charge in [0.1, 0.15) is 5.82 Å². The molecule has 20 heavy (non-hydrogen) atoms. The molecule has 1 aliphatic carbocycles. The van der Waals surface area contributed by atoms with Crippen LogP contribution in [-0.4, -0.2) is 12.8 Å². The topological polar surface area (TPSA) is 12.4 Å². The zero-order valence-electron chi connectivity index (χ0n) is 11.5. The van der Waals surface area contributed by atoms with Gasteiger partial charge in [0.2, 0.25) is 0 Å². The van der Waals surface area contributed by atoms with Gasteiger partial charge < -0.3 is 0 Å². The summed E-state index contributed by atoms with van der Waals surface area (Å²) in [5.74, 6) is -0.152. The molecule has 0 radical (unpaired) electrons. The third-order valence-electron chi connectivity index (χ3n) is 3.86. The van der Waals surface area contributed by atoms with Gasteiger partial charge in [-0.2, -0.15) is 0 Å². The Morgan fingerprint density at radius 1 is 1.20 bits per heavy atom. The summed E-state index contributed by atoms with van der Waals surface area (Å²) >= 11 is 0. The minimum atomic E-state index is -0.152. The van der Waals surface area contributed by atoms with E-state index in [-0.39, 0.29) is 5.82 Å². The molecule has 0 spiro atoms. The predicted octanol–water partition coefficient (Wildman–Crippen LogP) is 4.42. The van der Waals surface area contributed by atoms with Crippen molar-refractivity contribution in [1.29, 1.82) is 0 Å². The molecule has 2 aliphatic rings. The SMILES string of the molecule is Fc1cccc(CCC2=C3C=NCCC3=CC=CC2)c1. The second kappa shape index (κ2) is 6.00. The highest BCUT2D eigenvalue weighted by Crippen LogP contribution is 2.28. The lowest BCUT2D eigenvalue weighted by atomic mass is 9.92. The quantitative estimate of drug-likeness (QED) is 0.769. The molecule has 1 nitrogen and oxygen atoms in total. The molecule has 0 unspecified atom stereocenters. The fourth-order valence-electron chi connectivity index (χ4n) is 2.78. The van der Waals surface area contributed by atoms with E-state index in [0.29, 0.717) is 0 Å². The van der Waals surface area contributed by atoms with Gasteiger partial charge >= 0.3 is 0 Å². The van der Waals surface area contributed by atoms with E-state index in [1.54, 1.807) is 12.1 Å². The molecule has 1 aliphatic heterocycles. The van der Waals surface area contributed by atoms with Crippen LogP contribution in [0.15, 0.2) is 64.2 Å². The number of fused-ring (bicyclic) bond motifs is 1. The first-order valence-electron chi connectivity index (χ1n) is 7.15. The van der Waals surface area contributed by atoms with Gasteiger partial charge in [-0.25, -0.2) is 4.39 Å². The summed E-state index contributed by atoms with van der Waals surface area (Å²) < 4.78 is 13.2. The van der Waals surface area contributed by atoms with Crippen molar-refractivity contribution in [2.45, 2.75) is 25.7 Å². The Morgan fingerprint density at radius 3 is 3.05 bits per heavy atom. The Balaban J connectivity index is 1.80. The van der Waals surface area contributed by atoms with Crippen LogP contribution in [0, 0.1) is 5.82 Å². The van der Waals surface area contributed by atoms with Crippen molar-refractivity contribution in [3.05, 3.63) is 70.6 Å². The second-order valence-corrected chi connectivity index (χ2v) is 5.26. The molecule has 1 aromatic rings. The molecule has 0 saturated carbocycles. The molecule has 0 saturated heterocycles. The van der Waals surface area contributed by atoms with Gasteiger partial charge in [-0.1, -0.05) is 35.9 Å². The number of aryl methyl sites for hydroxylation is 1. The lowest BCUT2D eigenvalue weighted by molar-refractivity contribution is 0.625. The Morgan fingerprint density at radius 2 is 2.15 bits per heavy atom. The standard InChI is InChI=1S/C18H18FN/c19-17-7-3-4-14(12-17)8-9-15-5-1-2-6-16-10-11-20-13-18(15)16/h1-4,6-7,12-13H,5,8-11H2. The lowest BCUT2D eigenvalue weighted by Crippen LogP contribution is -2.05. The van der Waals surface area contributed by atoms with E-state index >= 15 is 0 Å². The van der Waals surface area contributed by atoms with E-state index in [1.165, 1.54) is 22.8 Å². The van der Waals surface area contributed by atoms with Gasteiger partial charge in [-0.05, 0) is 54.5 Å². The highest BCUT2D eigenvalue weighted by Gasteiger charge is 2.14. The third kappa shape index (κ3) is 2.96. The molecule has 0 aromatic heterocycles. The van der Waals surface area contributed by atoms with Gasteiger partial charge in [0.25, 0.3) is 0 Å². The first kappa shape index (κ1) is 13.0. The monoisotopic (exact) mass is 267 g/mol. The number of rotatable bonds is 3. The summed E-state index contributed by atoms with van der Waals surface area (Å²) in [6, 6.07) is 6.90. The third-order valence-corrected chi connectivity index (χ3v) is 3.86. The summed E-state index contributed by atoms with van der Waals surface area (Å²) in [6.07, 6.45) is 12.4. The normalized spacial score (nSPS) is 17.8. The zero-order chi connectivity index (χ0) is 13.8. The van der Waals surface area contributed by atoms with Crippen LogP contribution >= 0.6 is 0 Å². The smallest absolute Gasteiger partial charge is 0.123 e. The summed E-state index contributed by atoms with van der Waals surface area (Å²) in [7, 11) is 0. The van der Waals surface area contributed by atoms with Crippen molar-refractivity contribution in [2.75, 3.05) is 6.54 Å². The van der Waals surface area contributed by atoms with Gasteiger partial charge in [-0.15, -0.1) is 0 Å². The summed E-state index contributed by atoms with van der Waals surface area (Å²) in [4.78, 5) is 4.41. The first-order chi connectivity index (χ1) is 9.83. The maximum absolute atomic E-state index is 13.2. The molecule has 0 atom stereocenters. The highest BCUT2D eigenvalue weighted by atomic mass is 19.1. The van der Waals surface area contributed by atoms with Gasteiger partial charge in [-0.3, -0.25) is 4.99 Å². The Hall–Kier alpha value is -1.96. The van der Waals surface area contributed by atoms with Gasteiger partial charge in [0.15, 0.2) is 0 Å². The number of hydrogen-bond acceptors (Lipinski definition) is 1. The van der Waals surface area contributed by atoms with E-state index in [9.17, 15) is 4.39 Å². The van der Waals surface area contributed by atoms with Crippen LogP contribution in [0.25, 0.3) is 0 Å². The molecule has 1 aromatic carbocycles. The molecule has 0 bridgehead atoms. The maximum atomic E-state index is 13.2. The minimum absolute atomic E-state index is 0.152. The fraction of sp³-hybridized carbons (Fsp3) is 0.278. The van der Waals surface area contributed by atoms with Crippen molar-refractivity contribution < 1.29 is 4.39 Å². The van der Waals surface area contributed by atoms with E-state index in [0.717, 1.165) is 37.8 Å². The van der Waals surface area contributed by atoms with Crippen LogP contribution in [0.5, 0.6) is 0 Å². The largest absolute Gasteiger partial charge is 0.292 e. The van der Waals surface area contributed by atoms with Gasteiger partial charge in [0, 0.05) is 12.8 Å². The molecule has 102 valence electrons. The van der Waals surface area contributed by atoms with Crippen molar-refractivity contribution in [1.82, 2.24) is 0 Å². The van der Waals surface area contributed by atoms with Crippen LogP contribution in [0.2, 0.25) is 0 Å². The summed E-state index contributed by atoms with van der Waals surface area (Å²) in [5.41, 5.74) is 5.17. The lowest BCUT2D eigenvalue weighted by Gasteiger charge is -2.16. The maximum Gasteiger partial charge on any atom is 0.123 e. The molecule has 1 heterocycles. The number of nitrogens with zero attached hydrogens (tertiary/aromatic N) is 1. The molecule has 2 heteroatoms. The van der Waals surface area contributed by atoms with Crippen molar-refractivity contribution in [3.8, 4) is 0 Å². The van der Waals surface area contributed by atoms with Crippen LogP contribution < -0.4 is 0 Å². The van der Waals surface area contributed by atoms with E-state index in [1.807, 2.05) is 12.3 Å². The number of aliphatic imine (C=N–C) groups is 1. The van der Waals surface area contributed by atoms with E-state index in [4.69, 9.17) is 0 Å². The fourth-order valence-corrected chi connectivity index (χ4v) is 2.78. The molecule has 0 N–H and O–H groups in total. The Labute approximate surface area is 119 Å². The molecular weight excluding hydrogens is 249 g/mol. The van der Waals surface area contributed by atoms with Crippen LogP contribution in [0.1, 0.15) is 24.8 Å². The van der Waals surface area contributed by atoms with Crippen molar-refractivity contribution in [3.63, 3.8) is 0 Å². The predicted molar refractivity (Wildman–Crippen MR) is 81.6 cm³/mol. The number of allylic oxidation sites excluding steroid dienone is 5. The average molecular weight is 267 g/mol. The van der Waals surface area contributed by atoms with Crippen molar-refractivity contribution in [2.24, 2.45) is 4.99 Å². The minimum Gasteiger partial charge on any atom is -0.292 e. The number of hydrogen-bond donors (Lipinski definition) is 0. The van der Waals surface area contributed by atoms with Gasteiger partial charge in [0.05, 0.1) is 0 Å². The number of halogens is 1. The molecule has 3 rings (SSSR count). The summed E-state index contributed by atoms with van der Waals surface area (Å²) in [6.45, 7) is 0.889. The molecule has 0 amide bonds. The molecular formula is C18H18FN. The molecule has 0 fully saturated rings.